The summed E-state index contributed by atoms with van der Waals surface area (Å²) in [4.78, 5) is 14.7. The summed E-state index contributed by atoms with van der Waals surface area (Å²) in [6.45, 7) is 5.66. The van der Waals surface area contributed by atoms with Crippen LogP contribution < -0.4 is 16.0 Å². The van der Waals surface area contributed by atoms with Gasteiger partial charge in [0, 0.05) is 42.3 Å². The minimum atomic E-state index is -0.364. The molecule has 1 fully saturated rings. The average Bonchev–Trinajstić information content (AvgIpc) is 3.05. The Labute approximate surface area is 177 Å². The second kappa shape index (κ2) is 9.30. The predicted molar refractivity (Wildman–Crippen MR) is 121 cm³/mol. The minimum absolute atomic E-state index is 0.232. The molecule has 30 heavy (non-hydrogen) atoms. The summed E-state index contributed by atoms with van der Waals surface area (Å²) in [7, 11) is 0. The average molecular weight is 409 g/mol. The Morgan fingerprint density at radius 2 is 1.97 bits per heavy atom. The topological polar surface area (TPSA) is 56.4 Å². The van der Waals surface area contributed by atoms with E-state index in [0.29, 0.717) is 22.9 Å². The van der Waals surface area contributed by atoms with E-state index in [4.69, 9.17) is 0 Å². The second-order valence-electron chi connectivity index (χ2n) is 8.08. The summed E-state index contributed by atoms with van der Waals surface area (Å²) >= 11 is 0. The van der Waals surface area contributed by atoms with Crippen molar-refractivity contribution in [2.24, 2.45) is 0 Å². The molecular weight excluding hydrogens is 379 g/mol. The summed E-state index contributed by atoms with van der Waals surface area (Å²) < 4.78 is 13.3. The smallest absolute Gasteiger partial charge is 0.257 e. The van der Waals surface area contributed by atoms with Crippen molar-refractivity contribution in [3.8, 4) is 0 Å². The van der Waals surface area contributed by atoms with Gasteiger partial charge in [-0.3, -0.25) is 4.79 Å². The molecule has 1 saturated heterocycles. The molecular formula is C24H29FN4O. The number of nitrogens with one attached hydrogen (secondary N) is 3. The molecule has 2 aliphatic rings. The van der Waals surface area contributed by atoms with E-state index in [1.165, 1.54) is 37.9 Å². The van der Waals surface area contributed by atoms with Gasteiger partial charge in [-0.15, -0.1) is 0 Å². The van der Waals surface area contributed by atoms with Crippen molar-refractivity contribution >= 4 is 28.5 Å². The van der Waals surface area contributed by atoms with E-state index in [2.05, 4.69) is 27.8 Å². The number of nitrogens with zero attached hydrogens (tertiary/aromatic N) is 1. The van der Waals surface area contributed by atoms with Crippen LogP contribution in [0.1, 0.15) is 38.2 Å². The van der Waals surface area contributed by atoms with Crippen molar-refractivity contribution in [3.05, 3.63) is 60.0 Å². The molecule has 6 heteroatoms. The minimum Gasteiger partial charge on any atom is -0.385 e. The first kappa shape index (κ1) is 20.4. The zero-order valence-corrected chi connectivity index (χ0v) is 17.4. The lowest BCUT2D eigenvalue weighted by atomic mass is 10.0. The summed E-state index contributed by atoms with van der Waals surface area (Å²) in [5.41, 5.74) is 3.68. The molecule has 0 aromatic heterocycles. The molecule has 2 heterocycles. The van der Waals surface area contributed by atoms with Crippen molar-refractivity contribution in [2.75, 3.05) is 35.6 Å². The first-order chi connectivity index (χ1) is 14.6. The molecule has 0 bridgehead atoms. The molecule has 1 unspecified atom stereocenters. The van der Waals surface area contributed by atoms with Crippen LogP contribution in [0.2, 0.25) is 0 Å². The fraction of sp³-hybridized carbons (Fsp3) is 0.375. The Morgan fingerprint density at radius 3 is 2.77 bits per heavy atom. The first-order valence-corrected chi connectivity index (χ1v) is 10.8. The van der Waals surface area contributed by atoms with Gasteiger partial charge in [0.15, 0.2) is 0 Å². The summed E-state index contributed by atoms with van der Waals surface area (Å²) in [5, 5.41) is 9.33. The lowest BCUT2D eigenvalue weighted by Crippen LogP contribution is -2.38. The van der Waals surface area contributed by atoms with Crippen molar-refractivity contribution in [1.29, 1.82) is 0 Å². The van der Waals surface area contributed by atoms with Gasteiger partial charge in [0.1, 0.15) is 5.82 Å². The number of likely N-dealkylation sites (tertiary alicyclic amines) is 1. The standard InChI is InChI=1S/C24H29FN4O/c1-17-5-2-3-13-29(17)14-4-12-26-19-7-9-20(10-8-19)27-16-22-21-11-6-18(25)15-23(21)28-24(22)30/h6-11,15-17,26-27H,2-5,12-14H2,1H3,(H,28,30). The van der Waals surface area contributed by atoms with Crippen LogP contribution in [-0.2, 0) is 4.79 Å². The van der Waals surface area contributed by atoms with Gasteiger partial charge < -0.3 is 20.9 Å². The highest BCUT2D eigenvalue weighted by molar-refractivity contribution is 6.31. The monoisotopic (exact) mass is 408 g/mol. The maximum atomic E-state index is 13.3. The number of halogens is 1. The van der Waals surface area contributed by atoms with Gasteiger partial charge in [0.2, 0.25) is 0 Å². The second-order valence-corrected chi connectivity index (χ2v) is 8.08. The number of anilines is 3. The maximum absolute atomic E-state index is 13.3. The molecule has 5 nitrogen and oxygen atoms in total. The first-order valence-electron chi connectivity index (χ1n) is 10.8. The van der Waals surface area contributed by atoms with E-state index in [-0.39, 0.29) is 11.7 Å². The van der Waals surface area contributed by atoms with E-state index >= 15 is 0 Å². The predicted octanol–water partition coefficient (Wildman–Crippen LogP) is 4.91. The number of carbonyl (C=O) groups is 1. The van der Waals surface area contributed by atoms with Crippen LogP contribution in [-0.4, -0.2) is 36.5 Å². The molecule has 3 N–H and O–H groups in total. The van der Waals surface area contributed by atoms with E-state index < -0.39 is 0 Å². The third-order valence-electron chi connectivity index (χ3n) is 5.92. The number of hydrogen-bond acceptors (Lipinski definition) is 4. The fourth-order valence-corrected chi connectivity index (χ4v) is 4.15. The molecule has 2 aromatic rings. The normalized spacial score (nSPS) is 20.1. The molecule has 0 saturated carbocycles. The van der Waals surface area contributed by atoms with Gasteiger partial charge in [-0.2, -0.15) is 0 Å². The van der Waals surface area contributed by atoms with Crippen LogP contribution in [0, 0.1) is 5.82 Å². The Hall–Kier alpha value is -2.86. The Balaban J connectivity index is 1.27. The van der Waals surface area contributed by atoms with E-state index in [9.17, 15) is 9.18 Å². The van der Waals surface area contributed by atoms with E-state index in [1.54, 1.807) is 12.3 Å². The number of carbonyl (C=O) groups excluding carboxylic acids is 1. The molecule has 1 atom stereocenters. The van der Waals surface area contributed by atoms with Gasteiger partial charge in [-0.1, -0.05) is 6.42 Å². The molecule has 0 spiro atoms. The van der Waals surface area contributed by atoms with Gasteiger partial charge in [0.25, 0.3) is 5.91 Å². The third-order valence-corrected chi connectivity index (χ3v) is 5.92. The largest absolute Gasteiger partial charge is 0.385 e. The van der Waals surface area contributed by atoms with Gasteiger partial charge in [0.05, 0.1) is 11.3 Å². The Kier molecular flexibility index (Phi) is 6.33. The number of amides is 1. The SMILES string of the molecule is CC1CCCCN1CCCNc1ccc(NC=C2C(=O)Nc3cc(F)ccc32)cc1. The van der Waals surface area contributed by atoms with Crippen molar-refractivity contribution in [3.63, 3.8) is 0 Å². The van der Waals surface area contributed by atoms with Crippen LogP contribution in [0.15, 0.2) is 48.7 Å². The number of rotatable bonds is 7. The highest BCUT2D eigenvalue weighted by atomic mass is 19.1. The fourth-order valence-electron chi connectivity index (χ4n) is 4.15. The molecule has 0 aliphatic carbocycles. The molecule has 4 rings (SSSR count). The van der Waals surface area contributed by atoms with Crippen LogP contribution in [0.3, 0.4) is 0 Å². The number of benzene rings is 2. The maximum Gasteiger partial charge on any atom is 0.257 e. The Bertz CT molecular complexity index is 925. The number of hydrogen-bond donors (Lipinski definition) is 3. The van der Waals surface area contributed by atoms with Gasteiger partial charge in [-0.05, 0) is 75.2 Å². The molecule has 0 radical (unpaired) electrons. The number of piperidine rings is 1. The van der Waals surface area contributed by atoms with Crippen LogP contribution in [0.4, 0.5) is 21.5 Å². The van der Waals surface area contributed by atoms with Crippen LogP contribution in [0.5, 0.6) is 0 Å². The lowest BCUT2D eigenvalue weighted by molar-refractivity contribution is -0.110. The van der Waals surface area contributed by atoms with Crippen molar-refractivity contribution in [2.45, 2.75) is 38.6 Å². The van der Waals surface area contributed by atoms with Crippen LogP contribution in [0.25, 0.3) is 5.57 Å². The summed E-state index contributed by atoms with van der Waals surface area (Å²) in [5.74, 6) is -0.596. The lowest BCUT2D eigenvalue weighted by Gasteiger charge is -2.33. The molecule has 158 valence electrons. The quantitative estimate of drug-likeness (QED) is 0.450. The Morgan fingerprint density at radius 1 is 1.17 bits per heavy atom. The van der Waals surface area contributed by atoms with Crippen molar-refractivity contribution < 1.29 is 9.18 Å². The highest BCUT2D eigenvalue weighted by Crippen LogP contribution is 2.32. The van der Waals surface area contributed by atoms with Crippen LogP contribution >= 0.6 is 0 Å². The van der Waals surface area contributed by atoms with Gasteiger partial charge >= 0.3 is 0 Å². The zero-order chi connectivity index (χ0) is 20.9. The molecule has 2 aliphatic heterocycles. The molecule has 1 amide bonds. The van der Waals surface area contributed by atoms with Crippen molar-refractivity contribution in [1.82, 2.24) is 4.90 Å². The zero-order valence-electron chi connectivity index (χ0n) is 17.4. The highest BCUT2D eigenvalue weighted by Gasteiger charge is 2.24. The van der Waals surface area contributed by atoms with E-state index in [1.807, 2.05) is 24.3 Å². The van der Waals surface area contributed by atoms with Gasteiger partial charge in [-0.25, -0.2) is 4.39 Å². The summed E-state index contributed by atoms with van der Waals surface area (Å²) in [6, 6.07) is 13.0. The van der Waals surface area contributed by atoms with E-state index in [0.717, 1.165) is 30.9 Å². The summed E-state index contributed by atoms with van der Waals surface area (Å²) in [6.07, 6.45) is 6.81. The number of fused-ring (bicyclic) bond motifs is 1. The molecule has 2 aromatic carbocycles. The third kappa shape index (κ3) is 4.82.